The molecule has 4 rings (SSSR count). The van der Waals surface area contributed by atoms with Crippen molar-refractivity contribution in [2.45, 2.75) is 55.6 Å². The summed E-state index contributed by atoms with van der Waals surface area (Å²) < 4.78 is 1.23. The molecule has 0 N–H and O–H groups in total. The highest BCUT2D eigenvalue weighted by Crippen LogP contribution is 2.42. The molecule has 0 atom stereocenters. The highest BCUT2D eigenvalue weighted by molar-refractivity contribution is 7.99. The number of unbranched alkanes of at least 4 members (excludes halogenated alkanes) is 1. The number of hydrogen-bond donors (Lipinski definition) is 0. The zero-order valence-electron chi connectivity index (χ0n) is 17.2. The van der Waals surface area contributed by atoms with Gasteiger partial charge in [0, 0.05) is 23.4 Å². The van der Waals surface area contributed by atoms with E-state index in [0.29, 0.717) is 0 Å². The van der Waals surface area contributed by atoms with Gasteiger partial charge in [-0.2, -0.15) is 0 Å². The lowest BCUT2D eigenvalue weighted by molar-refractivity contribution is 0.437. The third-order valence-electron chi connectivity index (χ3n) is 5.29. The summed E-state index contributed by atoms with van der Waals surface area (Å²) in [5.41, 5.74) is 5.52. The summed E-state index contributed by atoms with van der Waals surface area (Å²) in [5.74, 6) is 1.04. The Bertz CT molecular complexity index is 997. The second kappa shape index (κ2) is 8.86. The van der Waals surface area contributed by atoms with Crippen LogP contribution in [0, 0.1) is 0 Å². The maximum atomic E-state index is 5.15. The SMILES string of the molecule is CCCCc1nc2sc3c(SCCN(C)C)nc(SC)nc3c2c2c1CCC2. The predicted octanol–water partition coefficient (Wildman–Crippen LogP) is 5.45. The highest BCUT2D eigenvalue weighted by Gasteiger charge is 2.24. The fraction of sp³-hybridized carbons (Fsp3) is 0.571. The van der Waals surface area contributed by atoms with Gasteiger partial charge in [-0.1, -0.05) is 25.1 Å². The minimum Gasteiger partial charge on any atom is -0.309 e. The average Bonchev–Trinajstić information content (AvgIpc) is 3.29. The molecule has 3 aromatic rings. The molecule has 0 unspecified atom stereocenters. The molecule has 0 fully saturated rings. The van der Waals surface area contributed by atoms with Crippen molar-refractivity contribution in [2.75, 3.05) is 32.6 Å². The second-order valence-corrected chi connectivity index (χ2v) is 10.5. The molecule has 0 aliphatic heterocycles. The van der Waals surface area contributed by atoms with Gasteiger partial charge >= 0.3 is 0 Å². The molecule has 4 nitrogen and oxygen atoms in total. The van der Waals surface area contributed by atoms with Crippen molar-refractivity contribution in [3.63, 3.8) is 0 Å². The van der Waals surface area contributed by atoms with Crippen LogP contribution in [0.4, 0.5) is 0 Å². The number of pyridine rings is 1. The van der Waals surface area contributed by atoms with Gasteiger partial charge in [-0.05, 0) is 63.6 Å². The Kier molecular flexibility index (Phi) is 6.45. The molecular weight excluding hydrogens is 404 g/mol. The summed E-state index contributed by atoms with van der Waals surface area (Å²) in [6.45, 7) is 3.30. The Balaban J connectivity index is 1.87. The van der Waals surface area contributed by atoms with E-state index in [2.05, 4.69) is 32.2 Å². The lowest BCUT2D eigenvalue weighted by Gasteiger charge is -2.10. The fourth-order valence-electron chi connectivity index (χ4n) is 3.86. The van der Waals surface area contributed by atoms with Crippen molar-refractivity contribution < 1.29 is 0 Å². The van der Waals surface area contributed by atoms with Gasteiger partial charge in [0.25, 0.3) is 0 Å². The van der Waals surface area contributed by atoms with E-state index >= 15 is 0 Å². The van der Waals surface area contributed by atoms with Crippen molar-refractivity contribution in [3.05, 3.63) is 16.8 Å². The summed E-state index contributed by atoms with van der Waals surface area (Å²) in [6, 6.07) is 0. The number of rotatable bonds is 8. The number of thioether (sulfide) groups is 2. The van der Waals surface area contributed by atoms with E-state index < -0.39 is 0 Å². The summed E-state index contributed by atoms with van der Waals surface area (Å²) in [6.07, 6.45) is 9.21. The zero-order valence-corrected chi connectivity index (χ0v) is 19.6. The van der Waals surface area contributed by atoms with E-state index in [9.17, 15) is 0 Å². The van der Waals surface area contributed by atoms with E-state index in [1.54, 1.807) is 23.1 Å². The number of aromatic nitrogens is 3. The van der Waals surface area contributed by atoms with Gasteiger partial charge in [0.15, 0.2) is 5.16 Å². The summed E-state index contributed by atoms with van der Waals surface area (Å²) in [4.78, 5) is 18.4. The molecule has 0 radical (unpaired) electrons. The van der Waals surface area contributed by atoms with Crippen LogP contribution in [-0.2, 0) is 19.3 Å². The van der Waals surface area contributed by atoms with Crippen LogP contribution in [0.3, 0.4) is 0 Å². The Morgan fingerprint density at radius 2 is 1.93 bits per heavy atom. The van der Waals surface area contributed by atoms with Crippen LogP contribution in [0.5, 0.6) is 0 Å². The smallest absolute Gasteiger partial charge is 0.189 e. The first-order valence-corrected chi connectivity index (χ1v) is 13.1. The van der Waals surface area contributed by atoms with Crippen molar-refractivity contribution in [1.82, 2.24) is 19.9 Å². The fourth-order valence-corrected chi connectivity index (χ4v) is 6.67. The van der Waals surface area contributed by atoms with Gasteiger partial charge in [0.2, 0.25) is 0 Å². The minimum atomic E-state index is 0.876. The number of thiophene rings is 1. The van der Waals surface area contributed by atoms with E-state index in [1.165, 1.54) is 63.8 Å². The van der Waals surface area contributed by atoms with Gasteiger partial charge in [-0.25, -0.2) is 15.0 Å². The first-order chi connectivity index (χ1) is 13.6. The first-order valence-electron chi connectivity index (χ1n) is 10.1. The average molecular weight is 433 g/mol. The number of fused-ring (bicyclic) bond motifs is 5. The lowest BCUT2D eigenvalue weighted by Crippen LogP contribution is -2.14. The molecule has 0 saturated heterocycles. The summed E-state index contributed by atoms with van der Waals surface area (Å²) in [5, 5.41) is 3.32. The van der Waals surface area contributed by atoms with Crippen LogP contribution in [0.1, 0.15) is 43.0 Å². The molecule has 0 amide bonds. The van der Waals surface area contributed by atoms with E-state index in [1.807, 2.05) is 11.8 Å². The largest absolute Gasteiger partial charge is 0.309 e. The molecule has 3 heterocycles. The Morgan fingerprint density at radius 1 is 1.11 bits per heavy atom. The van der Waals surface area contributed by atoms with Crippen molar-refractivity contribution in [2.24, 2.45) is 0 Å². The molecule has 0 bridgehead atoms. The number of hydrogen-bond acceptors (Lipinski definition) is 7. The number of aryl methyl sites for hydroxylation is 2. The standard InChI is InChI=1S/C21H28N4S3/c1-5-6-10-15-13-8-7-9-14(13)16-17-18(28-19(16)22-15)20(24-21(23-17)26-4)27-12-11-25(2)3/h5-12H2,1-4H3. The molecule has 1 aliphatic carbocycles. The van der Waals surface area contributed by atoms with Gasteiger partial charge in [0.1, 0.15) is 9.86 Å². The molecule has 3 aromatic heterocycles. The van der Waals surface area contributed by atoms with Gasteiger partial charge in [-0.3, -0.25) is 0 Å². The maximum absolute atomic E-state index is 5.15. The highest BCUT2D eigenvalue weighted by atomic mass is 32.2. The third-order valence-corrected chi connectivity index (χ3v) is 8.01. The van der Waals surface area contributed by atoms with Gasteiger partial charge in [-0.15, -0.1) is 23.1 Å². The van der Waals surface area contributed by atoms with E-state index in [0.717, 1.165) is 34.4 Å². The molecule has 0 spiro atoms. The Labute approximate surface area is 179 Å². The Hall–Kier alpha value is -0.890. The van der Waals surface area contributed by atoms with Crippen molar-refractivity contribution in [1.29, 1.82) is 0 Å². The third kappa shape index (κ3) is 3.91. The van der Waals surface area contributed by atoms with Crippen LogP contribution >= 0.6 is 34.9 Å². The van der Waals surface area contributed by atoms with Crippen LogP contribution < -0.4 is 0 Å². The quantitative estimate of drug-likeness (QED) is 0.268. The van der Waals surface area contributed by atoms with Crippen molar-refractivity contribution in [3.8, 4) is 0 Å². The first kappa shape index (κ1) is 20.4. The molecule has 0 saturated carbocycles. The van der Waals surface area contributed by atoms with Crippen LogP contribution in [-0.4, -0.2) is 52.5 Å². The zero-order chi connectivity index (χ0) is 19.7. The Morgan fingerprint density at radius 3 is 2.68 bits per heavy atom. The van der Waals surface area contributed by atoms with Crippen LogP contribution in [0.25, 0.3) is 20.4 Å². The molecule has 1 aliphatic rings. The van der Waals surface area contributed by atoms with Crippen LogP contribution in [0.2, 0.25) is 0 Å². The second-order valence-electron chi connectivity index (χ2n) is 7.60. The normalized spacial score (nSPS) is 13.9. The molecule has 7 heteroatoms. The van der Waals surface area contributed by atoms with Gasteiger partial charge < -0.3 is 4.90 Å². The van der Waals surface area contributed by atoms with Crippen molar-refractivity contribution >= 4 is 55.3 Å². The van der Waals surface area contributed by atoms with Gasteiger partial charge in [0.05, 0.1) is 10.2 Å². The lowest BCUT2D eigenvalue weighted by atomic mass is 10.0. The van der Waals surface area contributed by atoms with E-state index in [-0.39, 0.29) is 0 Å². The monoisotopic (exact) mass is 432 g/mol. The van der Waals surface area contributed by atoms with Crippen LogP contribution in [0.15, 0.2) is 10.2 Å². The number of nitrogens with zero attached hydrogens (tertiary/aromatic N) is 4. The molecule has 28 heavy (non-hydrogen) atoms. The topological polar surface area (TPSA) is 41.9 Å². The predicted molar refractivity (Wildman–Crippen MR) is 124 cm³/mol. The maximum Gasteiger partial charge on any atom is 0.189 e. The molecular formula is C21H28N4S3. The van der Waals surface area contributed by atoms with E-state index in [4.69, 9.17) is 15.0 Å². The summed E-state index contributed by atoms with van der Waals surface area (Å²) in [7, 11) is 4.24. The molecule has 0 aromatic carbocycles. The summed E-state index contributed by atoms with van der Waals surface area (Å²) >= 11 is 5.29. The molecule has 150 valence electrons. The minimum absolute atomic E-state index is 0.876.